The van der Waals surface area contributed by atoms with E-state index >= 15 is 0 Å². The van der Waals surface area contributed by atoms with E-state index in [1.165, 1.54) is 4.90 Å². The highest BCUT2D eigenvalue weighted by atomic mass is 19.2. The Morgan fingerprint density at radius 2 is 1.86 bits per heavy atom. The van der Waals surface area contributed by atoms with Crippen LogP contribution < -0.4 is 0 Å². The van der Waals surface area contributed by atoms with Gasteiger partial charge >= 0.3 is 6.09 Å². The Morgan fingerprint density at radius 1 is 1.24 bits per heavy atom. The topological polar surface area (TPSA) is 29.5 Å². The van der Waals surface area contributed by atoms with Crippen molar-refractivity contribution in [2.75, 3.05) is 13.1 Å². The first-order valence-electron chi connectivity index (χ1n) is 6.80. The van der Waals surface area contributed by atoms with Crippen molar-refractivity contribution in [3.05, 3.63) is 35.1 Å². The van der Waals surface area contributed by atoms with Gasteiger partial charge in [0.2, 0.25) is 0 Å². The fraction of sp³-hybridized carbons (Fsp3) is 0.533. The van der Waals surface area contributed by atoms with Gasteiger partial charge in [0, 0.05) is 24.6 Å². The van der Waals surface area contributed by atoms with Gasteiger partial charge < -0.3 is 9.64 Å². The lowest BCUT2D eigenvalue weighted by atomic mass is 9.97. The van der Waals surface area contributed by atoms with Crippen LogP contribution in [-0.4, -0.2) is 29.7 Å². The maximum absolute atomic E-state index is 13.8. The Hall–Kier alpha value is -1.72. The van der Waals surface area contributed by atoms with E-state index in [2.05, 4.69) is 0 Å². The Bertz CT molecular complexity index is 555. The summed E-state index contributed by atoms with van der Waals surface area (Å²) in [5, 5.41) is 0. The number of hydrogen-bond donors (Lipinski definition) is 0. The number of benzene rings is 1. The number of halogens is 3. The molecule has 0 saturated carbocycles. The van der Waals surface area contributed by atoms with Crippen LogP contribution in [0.3, 0.4) is 0 Å². The molecule has 0 aromatic heterocycles. The van der Waals surface area contributed by atoms with Crippen molar-refractivity contribution in [1.82, 2.24) is 4.90 Å². The summed E-state index contributed by atoms with van der Waals surface area (Å²) in [5.41, 5.74) is -0.925. The second kappa shape index (κ2) is 5.58. The van der Waals surface area contributed by atoms with Crippen molar-refractivity contribution in [2.45, 2.75) is 38.7 Å². The van der Waals surface area contributed by atoms with E-state index in [0.717, 1.165) is 12.1 Å². The Morgan fingerprint density at radius 3 is 2.48 bits per heavy atom. The summed E-state index contributed by atoms with van der Waals surface area (Å²) in [6.07, 6.45) is -0.154. The first kappa shape index (κ1) is 15.7. The van der Waals surface area contributed by atoms with Crippen LogP contribution in [0.1, 0.15) is 38.7 Å². The van der Waals surface area contributed by atoms with Crippen LogP contribution in [0.25, 0.3) is 0 Å². The van der Waals surface area contributed by atoms with E-state index in [4.69, 9.17) is 4.74 Å². The molecule has 1 aliphatic rings. The SMILES string of the molecule is CC(C)(C)OC(=O)N1CC[C@H](c2c(F)ccc(F)c2F)C1. The fourth-order valence-electron chi connectivity index (χ4n) is 2.41. The van der Waals surface area contributed by atoms with Gasteiger partial charge in [-0.1, -0.05) is 0 Å². The lowest BCUT2D eigenvalue weighted by Crippen LogP contribution is -2.35. The molecule has 1 saturated heterocycles. The lowest BCUT2D eigenvalue weighted by Gasteiger charge is -2.24. The van der Waals surface area contributed by atoms with Crippen molar-refractivity contribution in [3.8, 4) is 0 Å². The summed E-state index contributed by atoms with van der Waals surface area (Å²) in [6.45, 7) is 5.67. The van der Waals surface area contributed by atoms with Gasteiger partial charge in [0.05, 0.1) is 0 Å². The number of ether oxygens (including phenoxy) is 1. The van der Waals surface area contributed by atoms with Gasteiger partial charge in [-0.2, -0.15) is 0 Å². The highest BCUT2D eigenvalue weighted by Crippen LogP contribution is 2.32. The standard InChI is InChI=1S/C15H18F3NO2/c1-15(2,3)21-14(20)19-7-6-9(8-19)12-10(16)4-5-11(17)13(12)18/h4-5,9H,6-8H2,1-3H3/t9-/m0/s1. The molecule has 1 atom stereocenters. The van der Waals surface area contributed by atoms with Crippen LogP contribution in [0.5, 0.6) is 0 Å². The van der Waals surface area contributed by atoms with Crippen LogP contribution in [0, 0.1) is 17.5 Å². The van der Waals surface area contributed by atoms with Crippen molar-refractivity contribution in [2.24, 2.45) is 0 Å². The molecule has 1 aromatic rings. The summed E-state index contributed by atoms with van der Waals surface area (Å²) in [7, 11) is 0. The van der Waals surface area contributed by atoms with Crippen molar-refractivity contribution in [3.63, 3.8) is 0 Å². The van der Waals surface area contributed by atoms with Gasteiger partial charge in [0.1, 0.15) is 11.4 Å². The number of carbonyl (C=O) groups is 1. The molecule has 21 heavy (non-hydrogen) atoms. The van der Waals surface area contributed by atoms with Crippen LogP contribution >= 0.6 is 0 Å². The summed E-state index contributed by atoms with van der Waals surface area (Å²) >= 11 is 0. The number of likely N-dealkylation sites (tertiary alicyclic amines) is 1. The minimum absolute atomic E-state index is 0.117. The van der Waals surface area contributed by atoms with Crippen LogP contribution in [0.15, 0.2) is 12.1 Å². The smallest absolute Gasteiger partial charge is 0.410 e. The van der Waals surface area contributed by atoms with Gasteiger partial charge in [-0.25, -0.2) is 18.0 Å². The number of carbonyl (C=O) groups excluding carboxylic acids is 1. The molecule has 1 heterocycles. The van der Waals surface area contributed by atoms with Crippen LogP contribution in [0.4, 0.5) is 18.0 Å². The number of hydrogen-bond acceptors (Lipinski definition) is 2. The zero-order valence-electron chi connectivity index (χ0n) is 12.3. The normalized spacial score (nSPS) is 19.0. The third-order valence-electron chi connectivity index (χ3n) is 3.33. The number of rotatable bonds is 1. The Balaban J connectivity index is 2.13. The van der Waals surface area contributed by atoms with E-state index in [1.54, 1.807) is 20.8 Å². The molecule has 0 spiro atoms. The minimum atomic E-state index is -1.17. The number of amides is 1. The second-order valence-electron chi connectivity index (χ2n) is 6.17. The summed E-state index contributed by atoms with van der Waals surface area (Å²) < 4.78 is 46.0. The van der Waals surface area contributed by atoms with Crippen LogP contribution in [0.2, 0.25) is 0 Å². The molecule has 6 heteroatoms. The average Bonchev–Trinajstić information content (AvgIpc) is 2.82. The molecule has 0 radical (unpaired) electrons. The number of nitrogens with zero attached hydrogens (tertiary/aromatic N) is 1. The average molecular weight is 301 g/mol. The molecule has 1 aromatic carbocycles. The summed E-state index contributed by atoms with van der Waals surface area (Å²) in [4.78, 5) is 13.3. The zero-order valence-corrected chi connectivity index (χ0v) is 12.3. The molecule has 1 amide bonds. The first-order chi connectivity index (χ1) is 9.69. The second-order valence-corrected chi connectivity index (χ2v) is 6.17. The van der Waals surface area contributed by atoms with Gasteiger partial charge in [-0.3, -0.25) is 0 Å². The van der Waals surface area contributed by atoms with Gasteiger partial charge in [-0.05, 0) is 39.3 Å². The van der Waals surface area contributed by atoms with Gasteiger partial charge in [0.25, 0.3) is 0 Å². The highest BCUT2D eigenvalue weighted by Gasteiger charge is 2.33. The third kappa shape index (κ3) is 3.49. The lowest BCUT2D eigenvalue weighted by molar-refractivity contribution is 0.0292. The predicted molar refractivity (Wildman–Crippen MR) is 71.5 cm³/mol. The van der Waals surface area contributed by atoms with Gasteiger partial charge in [0.15, 0.2) is 11.6 Å². The van der Waals surface area contributed by atoms with Gasteiger partial charge in [-0.15, -0.1) is 0 Å². The Kier molecular flexibility index (Phi) is 4.16. The fourth-order valence-corrected chi connectivity index (χ4v) is 2.41. The first-order valence-corrected chi connectivity index (χ1v) is 6.80. The maximum Gasteiger partial charge on any atom is 0.410 e. The molecule has 0 bridgehead atoms. The molecule has 1 fully saturated rings. The molecule has 1 aliphatic heterocycles. The quantitative estimate of drug-likeness (QED) is 0.738. The highest BCUT2D eigenvalue weighted by molar-refractivity contribution is 5.68. The molecule has 116 valence electrons. The van der Waals surface area contributed by atoms with Crippen molar-refractivity contribution >= 4 is 6.09 Å². The van der Waals surface area contributed by atoms with Crippen molar-refractivity contribution in [1.29, 1.82) is 0 Å². The molecule has 0 N–H and O–H groups in total. The maximum atomic E-state index is 13.8. The Labute approximate surface area is 121 Å². The molecular weight excluding hydrogens is 283 g/mol. The van der Waals surface area contributed by atoms with E-state index in [9.17, 15) is 18.0 Å². The summed E-state index contributed by atoms with van der Waals surface area (Å²) in [6, 6.07) is 1.67. The van der Waals surface area contributed by atoms with E-state index in [0.29, 0.717) is 13.0 Å². The minimum Gasteiger partial charge on any atom is -0.444 e. The molecule has 3 nitrogen and oxygen atoms in total. The van der Waals surface area contributed by atoms with E-state index in [1.807, 2.05) is 0 Å². The van der Waals surface area contributed by atoms with E-state index < -0.39 is 35.1 Å². The monoisotopic (exact) mass is 301 g/mol. The summed E-state index contributed by atoms with van der Waals surface area (Å²) in [5.74, 6) is -3.61. The molecular formula is C15H18F3NO2. The van der Waals surface area contributed by atoms with Crippen LogP contribution in [-0.2, 0) is 4.74 Å². The largest absolute Gasteiger partial charge is 0.444 e. The van der Waals surface area contributed by atoms with Crippen molar-refractivity contribution < 1.29 is 22.7 Å². The molecule has 2 rings (SSSR count). The van der Waals surface area contributed by atoms with E-state index in [-0.39, 0.29) is 12.1 Å². The third-order valence-corrected chi connectivity index (χ3v) is 3.33. The molecule has 0 unspecified atom stereocenters. The molecule has 0 aliphatic carbocycles. The zero-order chi connectivity index (χ0) is 15.8. The predicted octanol–water partition coefficient (Wildman–Crippen LogP) is 3.83.